The Morgan fingerprint density at radius 2 is 2.18 bits per heavy atom. The van der Waals surface area contributed by atoms with Crippen molar-refractivity contribution in [1.82, 2.24) is 5.43 Å². The minimum absolute atomic E-state index is 0.662. The largest absolute Gasteiger partial charge is 0.269 e. The molecule has 2 rings (SSSR count). The Kier molecular flexibility index (Phi) is 1.26. The standard InChI is InChI=1S/C7H7N3O/c11-10-7-4-2-1-3-6(7)8-5-9-10/h1-5,11H,(H,8,9). The van der Waals surface area contributed by atoms with Crippen molar-refractivity contribution in [3.05, 3.63) is 24.3 Å². The van der Waals surface area contributed by atoms with E-state index in [9.17, 15) is 5.21 Å². The van der Waals surface area contributed by atoms with Crippen LogP contribution in [0.5, 0.6) is 0 Å². The van der Waals surface area contributed by atoms with E-state index in [4.69, 9.17) is 0 Å². The molecule has 0 bridgehead atoms. The van der Waals surface area contributed by atoms with Gasteiger partial charge in [0, 0.05) is 0 Å². The van der Waals surface area contributed by atoms with Crippen LogP contribution in [-0.2, 0) is 0 Å². The molecule has 0 amide bonds. The number of hydrogen-bond acceptors (Lipinski definition) is 4. The molecule has 1 aliphatic heterocycles. The van der Waals surface area contributed by atoms with E-state index in [0.29, 0.717) is 5.69 Å². The Morgan fingerprint density at radius 1 is 1.36 bits per heavy atom. The first-order valence-electron chi connectivity index (χ1n) is 3.25. The molecule has 1 aliphatic rings. The van der Waals surface area contributed by atoms with E-state index >= 15 is 0 Å². The normalized spacial score (nSPS) is 14.1. The van der Waals surface area contributed by atoms with Crippen LogP contribution in [0.4, 0.5) is 11.4 Å². The minimum atomic E-state index is 0.662. The lowest BCUT2D eigenvalue weighted by molar-refractivity contribution is 0.236. The van der Waals surface area contributed by atoms with E-state index < -0.39 is 0 Å². The molecule has 0 atom stereocenters. The first kappa shape index (κ1) is 6.18. The lowest BCUT2D eigenvalue weighted by Crippen LogP contribution is -2.35. The summed E-state index contributed by atoms with van der Waals surface area (Å²) in [5.74, 6) is 0. The van der Waals surface area contributed by atoms with Crippen molar-refractivity contribution in [2.75, 3.05) is 5.17 Å². The number of hydrogen-bond donors (Lipinski definition) is 2. The van der Waals surface area contributed by atoms with Crippen LogP contribution in [0, 0.1) is 0 Å². The molecule has 4 nitrogen and oxygen atoms in total. The quantitative estimate of drug-likeness (QED) is 0.579. The molecular formula is C7H7N3O. The summed E-state index contributed by atoms with van der Waals surface area (Å²) in [7, 11) is 0. The Morgan fingerprint density at radius 3 is 3.00 bits per heavy atom. The summed E-state index contributed by atoms with van der Waals surface area (Å²) in [4.78, 5) is 4.01. The highest BCUT2D eigenvalue weighted by molar-refractivity contribution is 5.76. The Balaban J connectivity index is 2.54. The number of nitrogens with zero attached hydrogens (tertiary/aromatic N) is 2. The van der Waals surface area contributed by atoms with Crippen molar-refractivity contribution in [2.45, 2.75) is 0 Å². The van der Waals surface area contributed by atoms with E-state index in [1.54, 1.807) is 6.07 Å². The zero-order valence-corrected chi connectivity index (χ0v) is 5.73. The summed E-state index contributed by atoms with van der Waals surface area (Å²) in [6, 6.07) is 7.31. The van der Waals surface area contributed by atoms with E-state index in [1.807, 2.05) is 18.2 Å². The summed E-state index contributed by atoms with van der Waals surface area (Å²) < 4.78 is 0. The number of anilines is 1. The van der Waals surface area contributed by atoms with Gasteiger partial charge >= 0.3 is 0 Å². The monoisotopic (exact) mass is 149 g/mol. The second-order valence-electron chi connectivity index (χ2n) is 2.19. The van der Waals surface area contributed by atoms with Crippen molar-refractivity contribution < 1.29 is 5.21 Å². The minimum Gasteiger partial charge on any atom is -0.269 e. The highest BCUT2D eigenvalue weighted by Gasteiger charge is 2.09. The van der Waals surface area contributed by atoms with Crippen molar-refractivity contribution in [3.63, 3.8) is 0 Å². The predicted molar refractivity (Wildman–Crippen MR) is 42.0 cm³/mol. The molecule has 1 aromatic carbocycles. The molecule has 4 heteroatoms. The van der Waals surface area contributed by atoms with Gasteiger partial charge < -0.3 is 0 Å². The zero-order chi connectivity index (χ0) is 7.68. The molecule has 56 valence electrons. The maximum Gasteiger partial charge on any atom is 0.113 e. The van der Waals surface area contributed by atoms with Gasteiger partial charge in [0.1, 0.15) is 12.0 Å². The second-order valence-corrected chi connectivity index (χ2v) is 2.19. The Bertz CT molecular complexity index is 297. The molecule has 1 heterocycles. The number of rotatable bonds is 0. The third-order valence-corrected chi connectivity index (χ3v) is 1.49. The van der Waals surface area contributed by atoms with Crippen molar-refractivity contribution in [2.24, 2.45) is 4.99 Å². The van der Waals surface area contributed by atoms with Gasteiger partial charge in [-0.1, -0.05) is 12.1 Å². The van der Waals surface area contributed by atoms with Crippen LogP contribution in [0.2, 0.25) is 0 Å². The fourth-order valence-electron chi connectivity index (χ4n) is 0.975. The predicted octanol–water partition coefficient (Wildman–Crippen LogP) is 1.06. The highest BCUT2D eigenvalue weighted by atomic mass is 16.5. The molecule has 0 aromatic heterocycles. The maximum atomic E-state index is 9.19. The molecule has 0 fully saturated rings. The Labute approximate surface area is 63.7 Å². The molecule has 0 spiro atoms. The molecule has 1 aromatic rings. The van der Waals surface area contributed by atoms with Crippen LogP contribution < -0.4 is 10.6 Å². The number of fused-ring (bicyclic) bond motifs is 1. The number of aliphatic imine (C=N–C) groups is 1. The van der Waals surface area contributed by atoms with Gasteiger partial charge in [0.15, 0.2) is 0 Å². The first-order chi connectivity index (χ1) is 5.38. The van der Waals surface area contributed by atoms with E-state index in [1.165, 1.54) is 6.34 Å². The van der Waals surface area contributed by atoms with Gasteiger partial charge in [-0.2, -0.15) is 5.17 Å². The average Bonchev–Trinajstić information content (AvgIpc) is 2.06. The van der Waals surface area contributed by atoms with Crippen LogP contribution in [0.25, 0.3) is 0 Å². The van der Waals surface area contributed by atoms with Crippen LogP contribution >= 0.6 is 0 Å². The van der Waals surface area contributed by atoms with Gasteiger partial charge in [-0.05, 0) is 12.1 Å². The number of benzene rings is 1. The summed E-state index contributed by atoms with van der Waals surface area (Å²) in [6.07, 6.45) is 1.43. The smallest absolute Gasteiger partial charge is 0.113 e. The van der Waals surface area contributed by atoms with Crippen molar-refractivity contribution in [3.8, 4) is 0 Å². The molecule has 0 radical (unpaired) electrons. The van der Waals surface area contributed by atoms with Crippen LogP contribution in [0.3, 0.4) is 0 Å². The average molecular weight is 149 g/mol. The molecule has 0 aliphatic carbocycles. The zero-order valence-electron chi connectivity index (χ0n) is 5.73. The molecule has 0 saturated heterocycles. The SMILES string of the molecule is ON1NC=Nc2ccccc21. The third kappa shape index (κ3) is 0.929. The van der Waals surface area contributed by atoms with Crippen molar-refractivity contribution in [1.29, 1.82) is 0 Å². The van der Waals surface area contributed by atoms with Crippen LogP contribution in [0.1, 0.15) is 0 Å². The van der Waals surface area contributed by atoms with E-state index in [2.05, 4.69) is 10.4 Å². The van der Waals surface area contributed by atoms with Crippen LogP contribution in [0.15, 0.2) is 29.3 Å². The fraction of sp³-hybridized carbons (Fsp3) is 0. The maximum absolute atomic E-state index is 9.19. The number of para-hydroxylation sites is 2. The molecule has 2 N–H and O–H groups in total. The molecule has 0 unspecified atom stereocenters. The highest BCUT2D eigenvalue weighted by Crippen LogP contribution is 2.27. The molecular weight excluding hydrogens is 142 g/mol. The van der Waals surface area contributed by atoms with Gasteiger partial charge in [-0.25, -0.2) is 4.99 Å². The summed E-state index contributed by atoms with van der Waals surface area (Å²) in [6.45, 7) is 0. The first-order valence-corrected chi connectivity index (χ1v) is 3.25. The van der Waals surface area contributed by atoms with Gasteiger partial charge in [-0.3, -0.25) is 10.6 Å². The van der Waals surface area contributed by atoms with E-state index in [-0.39, 0.29) is 0 Å². The second kappa shape index (κ2) is 2.25. The van der Waals surface area contributed by atoms with Gasteiger partial charge in [0.25, 0.3) is 0 Å². The fourth-order valence-corrected chi connectivity index (χ4v) is 0.975. The van der Waals surface area contributed by atoms with Crippen molar-refractivity contribution >= 4 is 17.7 Å². The molecule has 0 saturated carbocycles. The molecule has 11 heavy (non-hydrogen) atoms. The lowest BCUT2D eigenvalue weighted by atomic mass is 10.3. The summed E-state index contributed by atoms with van der Waals surface area (Å²) in [5, 5.41) is 10.1. The van der Waals surface area contributed by atoms with Gasteiger partial charge in [0.05, 0.1) is 5.69 Å². The van der Waals surface area contributed by atoms with Gasteiger partial charge in [-0.15, -0.1) is 0 Å². The third-order valence-electron chi connectivity index (χ3n) is 1.49. The topological polar surface area (TPSA) is 47.9 Å². The summed E-state index contributed by atoms with van der Waals surface area (Å²) >= 11 is 0. The number of nitrogens with one attached hydrogen (secondary N) is 1. The van der Waals surface area contributed by atoms with Crippen LogP contribution in [-0.4, -0.2) is 11.5 Å². The number of hydrazine groups is 1. The lowest BCUT2D eigenvalue weighted by Gasteiger charge is -2.20. The Hall–Kier alpha value is -1.55. The van der Waals surface area contributed by atoms with E-state index in [0.717, 1.165) is 10.9 Å². The van der Waals surface area contributed by atoms with Gasteiger partial charge in [0.2, 0.25) is 0 Å². The summed E-state index contributed by atoms with van der Waals surface area (Å²) in [5.41, 5.74) is 3.96.